The zero-order valence-corrected chi connectivity index (χ0v) is 12.7. The average molecular weight is 300 g/mol. The van der Waals surface area contributed by atoms with Gasteiger partial charge in [0.1, 0.15) is 6.23 Å². The van der Waals surface area contributed by atoms with E-state index in [1.807, 2.05) is 6.07 Å². The molecule has 0 amide bonds. The first-order chi connectivity index (χ1) is 10.4. The van der Waals surface area contributed by atoms with Crippen molar-refractivity contribution in [3.63, 3.8) is 0 Å². The Morgan fingerprint density at radius 3 is 2.71 bits per heavy atom. The maximum atomic E-state index is 5.68. The van der Waals surface area contributed by atoms with Crippen molar-refractivity contribution in [3.05, 3.63) is 60.2 Å². The van der Waals surface area contributed by atoms with Gasteiger partial charge in [0.2, 0.25) is 0 Å². The summed E-state index contributed by atoms with van der Waals surface area (Å²) in [6, 6.07) is 19.0. The fraction of sp³-hybridized carbons (Fsp3) is 0.294. The van der Waals surface area contributed by atoms with E-state index >= 15 is 0 Å². The molecule has 110 valence electrons. The zero-order chi connectivity index (χ0) is 14.3. The number of rotatable bonds is 5. The van der Waals surface area contributed by atoms with Gasteiger partial charge in [-0.15, -0.1) is 0 Å². The third-order valence-corrected chi connectivity index (χ3v) is 4.52. The van der Waals surface area contributed by atoms with E-state index in [2.05, 4.69) is 59.2 Å². The fourth-order valence-corrected chi connectivity index (χ4v) is 3.25. The van der Waals surface area contributed by atoms with Gasteiger partial charge in [0.15, 0.2) is 0 Å². The molecule has 1 unspecified atom stereocenters. The molecule has 1 saturated heterocycles. The highest BCUT2D eigenvalue weighted by atomic mass is 32.2. The van der Waals surface area contributed by atoms with Gasteiger partial charge in [0.25, 0.3) is 0 Å². The summed E-state index contributed by atoms with van der Waals surface area (Å²) in [6.45, 7) is 3.41. The minimum absolute atomic E-state index is 0.105. The lowest BCUT2D eigenvalue weighted by Crippen LogP contribution is -2.46. The van der Waals surface area contributed by atoms with Crippen LogP contribution in [0.2, 0.25) is 0 Å². The third kappa shape index (κ3) is 4.32. The van der Waals surface area contributed by atoms with E-state index in [9.17, 15) is 0 Å². The van der Waals surface area contributed by atoms with E-state index in [0.717, 1.165) is 26.2 Å². The summed E-state index contributed by atoms with van der Waals surface area (Å²) in [7, 11) is 0. The van der Waals surface area contributed by atoms with Crippen LogP contribution in [0.1, 0.15) is 5.56 Å². The van der Waals surface area contributed by atoms with Crippen molar-refractivity contribution in [2.75, 3.05) is 19.7 Å². The molecule has 4 heteroatoms. The van der Waals surface area contributed by atoms with Crippen LogP contribution in [0.5, 0.6) is 0 Å². The highest BCUT2D eigenvalue weighted by molar-refractivity contribution is 7.99. The highest BCUT2D eigenvalue weighted by Crippen LogP contribution is 2.30. The summed E-state index contributed by atoms with van der Waals surface area (Å²) in [5.41, 5.74) is 1.31. The second-order valence-corrected chi connectivity index (χ2v) is 6.08. The first kappa shape index (κ1) is 14.6. The predicted octanol–water partition coefficient (Wildman–Crippen LogP) is 2.87. The van der Waals surface area contributed by atoms with Crippen molar-refractivity contribution in [1.29, 1.82) is 0 Å². The molecule has 21 heavy (non-hydrogen) atoms. The molecule has 0 radical (unpaired) electrons. The minimum Gasteiger partial charge on any atom is -0.361 e. The Morgan fingerprint density at radius 2 is 1.90 bits per heavy atom. The topological polar surface area (TPSA) is 33.3 Å². The average Bonchev–Trinajstić information content (AvgIpc) is 2.56. The van der Waals surface area contributed by atoms with Crippen LogP contribution in [0.25, 0.3) is 0 Å². The van der Waals surface area contributed by atoms with Gasteiger partial charge in [-0.3, -0.25) is 5.32 Å². The molecule has 0 saturated carbocycles. The number of nitrogens with one attached hydrogen (secondary N) is 2. The maximum Gasteiger partial charge on any atom is 0.121 e. The molecule has 0 aromatic heterocycles. The van der Waals surface area contributed by atoms with E-state index in [0.29, 0.717) is 0 Å². The normalized spacial score (nSPS) is 18.6. The van der Waals surface area contributed by atoms with E-state index in [4.69, 9.17) is 4.74 Å². The monoisotopic (exact) mass is 300 g/mol. The Balaban J connectivity index is 1.64. The van der Waals surface area contributed by atoms with Gasteiger partial charge >= 0.3 is 0 Å². The largest absolute Gasteiger partial charge is 0.361 e. The van der Waals surface area contributed by atoms with Crippen LogP contribution in [0.4, 0.5) is 0 Å². The molecule has 0 bridgehead atoms. The lowest BCUT2D eigenvalue weighted by molar-refractivity contribution is 0.00570. The number of morpholine rings is 1. The van der Waals surface area contributed by atoms with Gasteiger partial charge < -0.3 is 10.1 Å². The summed E-state index contributed by atoms with van der Waals surface area (Å²) < 4.78 is 5.68. The highest BCUT2D eigenvalue weighted by Gasteiger charge is 2.13. The SMILES string of the molecule is c1ccc(Sc2ccccc2CNC2CNCCO2)cc1. The van der Waals surface area contributed by atoms with E-state index in [1.54, 1.807) is 11.8 Å². The van der Waals surface area contributed by atoms with Crippen LogP contribution >= 0.6 is 11.8 Å². The van der Waals surface area contributed by atoms with Crippen molar-refractivity contribution >= 4 is 11.8 Å². The Morgan fingerprint density at radius 1 is 1.10 bits per heavy atom. The molecular formula is C17H20N2OS. The summed E-state index contributed by atoms with van der Waals surface area (Å²) in [5.74, 6) is 0. The van der Waals surface area contributed by atoms with Crippen LogP contribution in [-0.2, 0) is 11.3 Å². The Labute approximate surface area is 130 Å². The number of benzene rings is 2. The van der Waals surface area contributed by atoms with Gasteiger partial charge in [0.05, 0.1) is 6.61 Å². The number of hydrogen-bond donors (Lipinski definition) is 2. The number of ether oxygens (including phenoxy) is 1. The molecule has 2 aromatic carbocycles. The van der Waals surface area contributed by atoms with Crippen molar-refractivity contribution in [2.24, 2.45) is 0 Å². The summed E-state index contributed by atoms with van der Waals surface area (Å²) in [4.78, 5) is 2.56. The molecule has 0 spiro atoms. The second-order valence-electron chi connectivity index (χ2n) is 4.97. The standard InChI is InChI=1S/C17H20N2OS/c1-2-7-15(8-3-1)21-16-9-5-4-6-14(16)12-19-17-13-18-10-11-20-17/h1-9,17-19H,10-13H2. The molecule has 3 nitrogen and oxygen atoms in total. The summed E-state index contributed by atoms with van der Waals surface area (Å²) >= 11 is 1.80. The maximum absolute atomic E-state index is 5.68. The molecule has 0 aliphatic carbocycles. The van der Waals surface area contributed by atoms with Crippen molar-refractivity contribution < 1.29 is 4.74 Å². The third-order valence-electron chi connectivity index (χ3n) is 3.39. The van der Waals surface area contributed by atoms with Crippen LogP contribution in [0, 0.1) is 0 Å². The summed E-state index contributed by atoms with van der Waals surface area (Å²) in [5, 5.41) is 6.80. The van der Waals surface area contributed by atoms with E-state index in [1.165, 1.54) is 15.4 Å². The summed E-state index contributed by atoms with van der Waals surface area (Å²) in [6.07, 6.45) is 0.105. The smallest absolute Gasteiger partial charge is 0.121 e. The first-order valence-corrected chi connectivity index (χ1v) is 8.10. The van der Waals surface area contributed by atoms with Gasteiger partial charge in [-0.25, -0.2) is 0 Å². The molecule has 1 fully saturated rings. The van der Waals surface area contributed by atoms with Crippen molar-refractivity contribution in [1.82, 2.24) is 10.6 Å². The molecule has 1 aliphatic rings. The van der Waals surface area contributed by atoms with E-state index in [-0.39, 0.29) is 6.23 Å². The Kier molecular flexibility index (Phi) is 5.29. The van der Waals surface area contributed by atoms with Gasteiger partial charge in [-0.1, -0.05) is 48.2 Å². The van der Waals surface area contributed by atoms with Crippen LogP contribution in [0.3, 0.4) is 0 Å². The molecule has 2 aromatic rings. The Bertz CT molecular complexity index is 556. The molecule has 1 heterocycles. The Hall–Kier alpha value is -1.33. The predicted molar refractivity (Wildman–Crippen MR) is 86.5 cm³/mol. The fourth-order valence-electron chi connectivity index (χ4n) is 2.29. The molecule has 1 atom stereocenters. The lowest BCUT2D eigenvalue weighted by Gasteiger charge is -2.25. The van der Waals surface area contributed by atoms with Gasteiger partial charge in [-0.05, 0) is 23.8 Å². The number of hydrogen-bond acceptors (Lipinski definition) is 4. The van der Waals surface area contributed by atoms with Crippen LogP contribution in [0.15, 0.2) is 64.4 Å². The van der Waals surface area contributed by atoms with Crippen LogP contribution < -0.4 is 10.6 Å². The van der Waals surface area contributed by atoms with Crippen LogP contribution in [-0.4, -0.2) is 25.9 Å². The first-order valence-electron chi connectivity index (χ1n) is 7.28. The quantitative estimate of drug-likeness (QED) is 0.889. The minimum atomic E-state index is 0.105. The molecule has 3 rings (SSSR count). The van der Waals surface area contributed by atoms with Gasteiger partial charge in [0, 0.05) is 29.4 Å². The van der Waals surface area contributed by atoms with Crippen molar-refractivity contribution in [2.45, 2.75) is 22.6 Å². The zero-order valence-electron chi connectivity index (χ0n) is 11.9. The van der Waals surface area contributed by atoms with E-state index < -0.39 is 0 Å². The molecular weight excluding hydrogens is 280 g/mol. The molecule has 1 aliphatic heterocycles. The van der Waals surface area contributed by atoms with Crippen molar-refractivity contribution in [3.8, 4) is 0 Å². The lowest BCUT2D eigenvalue weighted by atomic mass is 10.2. The molecule has 2 N–H and O–H groups in total. The van der Waals surface area contributed by atoms with Gasteiger partial charge in [-0.2, -0.15) is 0 Å². The second kappa shape index (κ2) is 7.61.